The van der Waals surface area contributed by atoms with E-state index in [1.165, 1.54) is 11.8 Å². The molecule has 2 N–H and O–H groups in total. The Morgan fingerprint density at radius 3 is 2.39 bits per heavy atom. The summed E-state index contributed by atoms with van der Waals surface area (Å²) < 4.78 is 5.77. The molecule has 0 radical (unpaired) electrons. The molecule has 0 fully saturated rings. The molecule has 2 amide bonds. The first-order chi connectivity index (χ1) is 15.0. The second-order valence-electron chi connectivity index (χ2n) is 7.19. The Morgan fingerprint density at radius 1 is 0.935 bits per heavy atom. The minimum Gasteiger partial charge on any atom is -0.489 e. The number of hydrazone groups is 1. The van der Waals surface area contributed by atoms with Gasteiger partial charge in [-0.05, 0) is 61.4 Å². The zero-order valence-corrected chi connectivity index (χ0v) is 17.6. The van der Waals surface area contributed by atoms with E-state index in [2.05, 4.69) is 34.9 Å². The van der Waals surface area contributed by atoms with Crippen molar-refractivity contribution in [3.63, 3.8) is 0 Å². The molecule has 3 aromatic carbocycles. The number of hydrogen-bond donors (Lipinski definition) is 2. The molecule has 0 saturated carbocycles. The molecule has 0 aromatic heterocycles. The summed E-state index contributed by atoms with van der Waals surface area (Å²) in [6, 6.07) is 22.8. The molecule has 0 bridgehead atoms. The van der Waals surface area contributed by atoms with Crippen LogP contribution in [-0.2, 0) is 11.4 Å². The van der Waals surface area contributed by atoms with Crippen molar-refractivity contribution in [2.24, 2.45) is 5.10 Å². The van der Waals surface area contributed by atoms with Crippen molar-refractivity contribution in [2.45, 2.75) is 20.5 Å². The standard InChI is InChI=1S/C25H25N3O3/c1-18-6-8-21(9-7-18)17-31-23-12-10-20(11-13-23)15-27-28-24(29)16-26-25(30)22-5-3-4-19(2)14-22/h3-15H,16-17H2,1-2H3,(H,26,30)(H,28,29). The molecule has 0 aliphatic heterocycles. The van der Waals surface area contributed by atoms with Gasteiger partial charge in [0.25, 0.3) is 11.8 Å². The number of ether oxygens (including phenoxy) is 1. The first-order valence-electron chi connectivity index (χ1n) is 9.95. The zero-order valence-electron chi connectivity index (χ0n) is 17.6. The maximum Gasteiger partial charge on any atom is 0.259 e. The van der Waals surface area contributed by atoms with Crippen molar-refractivity contribution < 1.29 is 14.3 Å². The topological polar surface area (TPSA) is 79.8 Å². The first-order valence-corrected chi connectivity index (χ1v) is 9.95. The highest BCUT2D eigenvalue weighted by Crippen LogP contribution is 2.14. The van der Waals surface area contributed by atoms with E-state index >= 15 is 0 Å². The van der Waals surface area contributed by atoms with Crippen LogP contribution in [0.4, 0.5) is 0 Å². The van der Waals surface area contributed by atoms with E-state index < -0.39 is 5.91 Å². The molecule has 0 spiro atoms. The smallest absolute Gasteiger partial charge is 0.259 e. The lowest BCUT2D eigenvalue weighted by atomic mass is 10.1. The van der Waals surface area contributed by atoms with Crippen LogP contribution in [0.2, 0.25) is 0 Å². The normalized spacial score (nSPS) is 10.6. The van der Waals surface area contributed by atoms with Gasteiger partial charge in [0.05, 0.1) is 12.8 Å². The van der Waals surface area contributed by atoms with E-state index in [0.717, 1.165) is 22.4 Å². The zero-order chi connectivity index (χ0) is 22.1. The maximum absolute atomic E-state index is 12.0. The summed E-state index contributed by atoms with van der Waals surface area (Å²) >= 11 is 0. The molecule has 0 saturated heterocycles. The van der Waals surface area contributed by atoms with Crippen LogP contribution in [0.15, 0.2) is 77.9 Å². The second-order valence-corrected chi connectivity index (χ2v) is 7.19. The second kappa shape index (κ2) is 10.7. The van der Waals surface area contributed by atoms with Gasteiger partial charge in [0.2, 0.25) is 0 Å². The SMILES string of the molecule is Cc1ccc(COc2ccc(C=NNC(=O)CNC(=O)c3cccc(C)c3)cc2)cc1. The average molecular weight is 415 g/mol. The van der Waals surface area contributed by atoms with Crippen molar-refractivity contribution in [2.75, 3.05) is 6.54 Å². The molecule has 6 nitrogen and oxygen atoms in total. The fourth-order valence-electron chi connectivity index (χ4n) is 2.77. The van der Waals surface area contributed by atoms with Gasteiger partial charge < -0.3 is 10.1 Å². The van der Waals surface area contributed by atoms with Gasteiger partial charge in [-0.25, -0.2) is 5.43 Å². The van der Waals surface area contributed by atoms with Crippen molar-refractivity contribution in [1.29, 1.82) is 0 Å². The third-order valence-corrected chi connectivity index (χ3v) is 4.50. The van der Waals surface area contributed by atoms with Crippen LogP contribution in [0, 0.1) is 13.8 Å². The van der Waals surface area contributed by atoms with Crippen LogP contribution in [0.3, 0.4) is 0 Å². The van der Waals surface area contributed by atoms with Crippen LogP contribution in [0.1, 0.15) is 32.6 Å². The van der Waals surface area contributed by atoms with Gasteiger partial charge in [0.15, 0.2) is 0 Å². The Kier molecular flexibility index (Phi) is 7.54. The summed E-state index contributed by atoms with van der Waals surface area (Å²) in [4.78, 5) is 23.9. The van der Waals surface area contributed by atoms with Gasteiger partial charge in [-0.15, -0.1) is 0 Å². The summed E-state index contributed by atoms with van der Waals surface area (Å²) in [5, 5.41) is 6.49. The Bertz CT molecular complexity index is 1060. The van der Waals surface area contributed by atoms with Crippen molar-refractivity contribution in [3.05, 3.63) is 101 Å². The van der Waals surface area contributed by atoms with Crippen LogP contribution in [0.25, 0.3) is 0 Å². The highest BCUT2D eigenvalue weighted by molar-refractivity contribution is 5.96. The Hall–Kier alpha value is -3.93. The molecule has 0 aliphatic carbocycles. The molecule has 31 heavy (non-hydrogen) atoms. The molecule has 158 valence electrons. The molecule has 0 aliphatic rings. The van der Waals surface area contributed by atoms with E-state index in [-0.39, 0.29) is 12.5 Å². The van der Waals surface area contributed by atoms with Gasteiger partial charge in [-0.2, -0.15) is 5.10 Å². The molecule has 0 heterocycles. The Morgan fingerprint density at radius 2 is 1.68 bits per heavy atom. The molecule has 3 rings (SSSR count). The van der Waals surface area contributed by atoms with E-state index in [4.69, 9.17) is 4.74 Å². The van der Waals surface area contributed by atoms with Crippen molar-refractivity contribution in [3.8, 4) is 5.75 Å². The number of rotatable bonds is 8. The monoisotopic (exact) mass is 415 g/mol. The third kappa shape index (κ3) is 7.12. The minimum absolute atomic E-state index is 0.157. The number of benzene rings is 3. The molecule has 6 heteroatoms. The van der Waals surface area contributed by atoms with E-state index in [1.54, 1.807) is 18.2 Å². The fraction of sp³-hybridized carbons (Fsp3) is 0.160. The maximum atomic E-state index is 12.0. The van der Waals surface area contributed by atoms with Gasteiger partial charge in [-0.1, -0.05) is 47.5 Å². The summed E-state index contributed by atoms with van der Waals surface area (Å²) in [7, 11) is 0. The third-order valence-electron chi connectivity index (χ3n) is 4.50. The first kappa shape index (κ1) is 21.8. The Labute approximate surface area is 182 Å². The van der Waals surface area contributed by atoms with Crippen LogP contribution in [0.5, 0.6) is 5.75 Å². The van der Waals surface area contributed by atoms with Crippen molar-refractivity contribution >= 4 is 18.0 Å². The number of carbonyl (C=O) groups excluding carboxylic acids is 2. The highest BCUT2D eigenvalue weighted by Gasteiger charge is 2.07. The molecular weight excluding hydrogens is 390 g/mol. The minimum atomic E-state index is -0.407. The number of carbonyl (C=O) groups is 2. The molecule has 3 aromatic rings. The number of hydrogen-bond acceptors (Lipinski definition) is 4. The summed E-state index contributed by atoms with van der Waals surface area (Å²) in [6.45, 7) is 4.30. The van der Waals surface area contributed by atoms with Crippen LogP contribution in [-0.4, -0.2) is 24.6 Å². The highest BCUT2D eigenvalue weighted by atomic mass is 16.5. The quantitative estimate of drug-likeness (QED) is 0.434. The van der Waals surface area contributed by atoms with Gasteiger partial charge in [-0.3, -0.25) is 9.59 Å². The summed E-state index contributed by atoms with van der Waals surface area (Å²) in [5.41, 5.74) is 7.03. The lowest BCUT2D eigenvalue weighted by Gasteiger charge is -2.07. The van der Waals surface area contributed by atoms with Crippen LogP contribution >= 0.6 is 0 Å². The molecule has 0 unspecified atom stereocenters. The van der Waals surface area contributed by atoms with E-state index in [1.807, 2.05) is 49.4 Å². The molecular formula is C25H25N3O3. The van der Waals surface area contributed by atoms with E-state index in [9.17, 15) is 9.59 Å². The lowest BCUT2D eigenvalue weighted by molar-refractivity contribution is -0.120. The lowest BCUT2D eigenvalue weighted by Crippen LogP contribution is -2.34. The summed E-state index contributed by atoms with van der Waals surface area (Å²) in [6.07, 6.45) is 1.53. The molecule has 0 atom stereocenters. The van der Waals surface area contributed by atoms with Gasteiger partial charge in [0, 0.05) is 5.56 Å². The summed E-state index contributed by atoms with van der Waals surface area (Å²) in [5.74, 6) is 0.0416. The van der Waals surface area contributed by atoms with Gasteiger partial charge >= 0.3 is 0 Å². The largest absolute Gasteiger partial charge is 0.489 e. The average Bonchev–Trinajstić information content (AvgIpc) is 2.78. The van der Waals surface area contributed by atoms with E-state index in [0.29, 0.717) is 12.2 Å². The Balaban J connectivity index is 1.41. The predicted molar refractivity (Wildman–Crippen MR) is 121 cm³/mol. The number of aryl methyl sites for hydroxylation is 2. The fourth-order valence-corrected chi connectivity index (χ4v) is 2.77. The number of nitrogens with one attached hydrogen (secondary N) is 2. The number of amides is 2. The van der Waals surface area contributed by atoms with Crippen molar-refractivity contribution in [1.82, 2.24) is 10.7 Å². The predicted octanol–water partition coefficient (Wildman–Crippen LogP) is 3.76. The van der Waals surface area contributed by atoms with Gasteiger partial charge in [0.1, 0.15) is 12.4 Å². The number of nitrogens with zero attached hydrogens (tertiary/aromatic N) is 1. The van der Waals surface area contributed by atoms with Crippen LogP contribution < -0.4 is 15.5 Å².